The maximum atomic E-state index is 12.7. The second-order valence-electron chi connectivity index (χ2n) is 6.57. The van der Waals surface area contributed by atoms with Crippen molar-refractivity contribution in [3.8, 4) is 23.0 Å². The Morgan fingerprint density at radius 1 is 0.556 bits per heavy atom. The number of ether oxygens (including phenoxy) is 4. The lowest BCUT2D eigenvalue weighted by Crippen LogP contribution is -2.09. The number of carbonyl (C=O) groups excluding carboxylic acids is 5. The third-order valence-electron chi connectivity index (χ3n) is 4.13. The minimum atomic E-state index is -0.829. The molecule has 9 heteroatoms. The van der Waals surface area contributed by atoms with Gasteiger partial charge in [-0.2, -0.15) is 0 Å². The molecule has 0 atom stereocenters. The SMILES string of the molecule is C=CC(=O)Oc1ccc(/C=C/C(=O)c2ccc(OC(=O)C=C)c(OC(=O)C=C)c2)cc1OC(=O)C=C. The molecule has 36 heavy (non-hydrogen) atoms. The van der Waals surface area contributed by atoms with Crippen LogP contribution in [0.2, 0.25) is 0 Å². The predicted octanol–water partition coefficient (Wildman–Crippen LogP) is 3.95. The highest BCUT2D eigenvalue weighted by Gasteiger charge is 2.15. The second kappa shape index (κ2) is 12.8. The lowest BCUT2D eigenvalue weighted by Gasteiger charge is -2.10. The van der Waals surface area contributed by atoms with Gasteiger partial charge in [0.2, 0.25) is 0 Å². The monoisotopic (exact) mass is 488 g/mol. The maximum absolute atomic E-state index is 12.7. The summed E-state index contributed by atoms with van der Waals surface area (Å²) in [4.78, 5) is 59.1. The number of hydrogen-bond donors (Lipinski definition) is 0. The first-order valence-corrected chi connectivity index (χ1v) is 10.1. The highest BCUT2D eigenvalue weighted by Crippen LogP contribution is 2.31. The zero-order valence-electron chi connectivity index (χ0n) is 18.9. The van der Waals surface area contributed by atoms with Gasteiger partial charge in [0, 0.05) is 29.9 Å². The Labute approximate surface area is 206 Å². The molecule has 0 saturated heterocycles. The molecule has 0 N–H and O–H groups in total. The van der Waals surface area contributed by atoms with E-state index in [-0.39, 0.29) is 28.6 Å². The van der Waals surface area contributed by atoms with Gasteiger partial charge in [0.25, 0.3) is 0 Å². The zero-order chi connectivity index (χ0) is 26.7. The van der Waals surface area contributed by atoms with Crippen LogP contribution in [0.1, 0.15) is 15.9 Å². The van der Waals surface area contributed by atoms with Gasteiger partial charge in [-0.05, 0) is 42.0 Å². The Kier molecular flexibility index (Phi) is 9.58. The van der Waals surface area contributed by atoms with Crippen LogP contribution in [0.5, 0.6) is 23.0 Å². The summed E-state index contributed by atoms with van der Waals surface area (Å²) >= 11 is 0. The van der Waals surface area contributed by atoms with Gasteiger partial charge in [-0.3, -0.25) is 4.79 Å². The summed E-state index contributed by atoms with van der Waals surface area (Å²) in [6.07, 6.45) is 6.31. The first-order chi connectivity index (χ1) is 17.2. The number of esters is 4. The summed E-state index contributed by atoms with van der Waals surface area (Å²) in [6.45, 7) is 13.2. The molecule has 182 valence electrons. The molecule has 0 unspecified atom stereocenters. The van der Waals surface area contributed by atoms with E-state index in [2.05, 4.69) is 26.3 Å². The lowest BCUT2D eigenvalue weighted by atomic mass is 10.1. The molecule has 9 nitrogen and oxygen atoms in total. The average Bonchev–Trinajstić information content (AvgIpc) is 2.88. The van der Waals surface area contributed by atoms with E-state index >= 15 is 0 Å². The molecule has 2 aromatic carbocycles. The topological polar surface area (TPSA) is 122 Å². The van der Waals surface area contributed by atoms with Crippen molar-refractivity contribution in [2.75, 3.05) is 0 Å². The van der Waals surface area contributed by atoms with Gasteiger partial charge >= 0.3 is 23.9 Å². The quantitative estimate of drug-likeness (QED) is 0.200. The number of benzene rings is 2. The fraction of sp³-hybridized carbons (Fsp3) is 0. The summed E-state index contributed by atoms with van der Waals surface area (Å²) in [5.74, 6) is -4.09. The van der Waals surface area contributed by atoms with Crippen LogP contribution in [0.4, 0.5) is 0 Å². The van der Waals surface area contributed by atoms with Crippen LogP contribution in [0.25, 0.3) is 6.08 Å². The van der Waals surface area contributed by atoms with Crippen LogP contribution >= 0.6 is 0 Å². The van der Waals surface area contributed by atoms with Crippen molar-refractivity contribution in [1.29, 1.82) is 0 Å². The van der Waals surface area contributed by atoms with Gasteiger partial charge < -0.3 is 18.9 Å². The van der Waals surface area contributed by atoms with Crippen molar-refractivity contribution in [3.05, 3.63) is 104 Å². The molecule has 0 spiro atoms. The molecule has 0 fully saturated rings. The Morgan fingerprint density at radius 3 is 1.44 bits per heavy atom. The van der Waals surface area contributed by atoms with Crippen molar-refractivity contribution in [2.45, 2.75) is 0 Å². The van der Waals surface area contributed by atoms with Gasteiger partial charge in [-0.25, -0.2) is 19.2 Å². The molecular weight excluding hydrogens is 468 g/mol. The first kappa shape index (κ1) is 26.9. The van der Waals surface area contributed by atoms with Gasteiger partial charge in [0.1, 0.15) is 0 Å². The van der Waals surface area contributed by atoms with Crippen molar-refractivity contribution in [1.82, 2.24) is 0 Å². The fourth-order valence-corrected chi connectivity index (χ4v) is 2.49. The molecule has 0 heterocycles. The van der Waals surface area contributed by atoms with E-state index in [1.807, 2.05) is 0 Å². The van der Waals surface area contributed by atoms with Gasteiger partial charge in [-0.15, -0.1) is 0 Å². The number of rotatable bonds is 11. The molecular formula is C27H20O9. The van der Waals surface area contributed by atoms with Gasteiger partial charge in [0.15, 0.2) is 28.8 Å². The summed E-state index contributed by atoms with van der Waals surface area (Å²) in [5, 5.41) is 0. The zero-order valence-corrected chi connectivity index (χ0v) is 18.9. The van der Waals surface area contributed by atoms with Crippen LogP contribution in [0, 0.1) is 0 Å². The lowest BCUT2D eigenvalue weighted by molar-refractivity contribution is -0.131. The smallest absolute Gasteiger partial charge is 0.335 e. The van der Waals surface area contributed by atoms with Crippen molar-refractivity contribution in [2.24, 2.45) is 0 Å². The van der Waals surface area contributed by atoms with E-state index < -0.39 is 29.7 Å². The number of carbonyl (C=O) groups is 5. The van der Waals surface area contributed by atoms with Crippen molar-refractivity contribution >= 4 is 35.7 Å². The summed E-state index contributed by atoms with van der Waals surface area (Å²) < 4.78 is 20.2. The highest BCUT2D eigenvalue weighted by atomic mass is 16.6. The molecule has 0 aliphatic heterocycles. The average molecular weight is 488 g/mol. The Balaban J connectivity index is 2.35. The molecule has 2 aromatic rings. The van der Waals surface area contributed by atoms with Gasteiger partial charge in [0.05, 0.1) is 0 Å². The van der Waals surface area contributed by atoms with Crippen LogP contribution in [0.3, 0.4) is 0 Å². The minimum absolute atomic E-state index is 0.0445. The van der Waals surface area contributed by atoms with E-state index in [0.29, 0.717) is 5.56 Å². The predicted molar refractivity (Wildman–Crippen MR) is 130 cm³/mol. The van der Waals surface area contributed by atoms with Crippen LogP contribution in [0.15, 0.2) is 93.1 Å². The van der Waals surface area contributed by atoms with E-state index in [1.165, 1.54) is 48.6 Å². The Bertz CT molecular complexity index is 1300. The number of ketones is 1. The normalized spacial score (nSPS) is 10.0. The third kappa shape index (κ3) is 7.63. The Morgan fingerprint density at radius 2 is 0.972 bits per heavy atom. The molecule has 0 aliphatic rings. The van der Waals surface area contributed by atoms with E-state index in [1.54, 1.807) is 0 Å². The standard InChI is InChI=1S/C27H20O9/c1-5-24(29)33-20-13-10-17(15-22(20)35-26(31)7-3)9-12-19(28)18-11-14-21(34-25(30)6-2)23(16-18)36-27(32)8-4/h5-16H,1-4H2/b12-9+. The molecule has 2 rings (SSSR count). The fourth-order valence-electron chi connectivity index (χ4n) is 2.49. The minimum Gasteiger partial charge on any atom is -0.419 e. The number of allylic oxidation sites excluding steroid dienone is 1. The summed E-state index contributed by atoms with van der Waals surface area (Å²) in [7, 11) is 0. The third-order valence-corrected chi connectivity index (χ3v) is 4.13. The highest BCUT2D eigenvalue weighted by molar-refractivity contribution is 6.07. The summed E-state index contributed by atoms with van der Waals surface area (Å²) in [6, 6.07) is 8.10. The van der Waals surface area contributed by atoms with E-state index in [4.69, 9.17) is 18.9 Å². The molecule has 0 bridgehead atoms. The van der Waals surface area contributed by atoms with E-state index in [0.717, 1.165) is 24.3 Å². The molecule has 0 saturated carbocycles. The molecule has 0 radical (unpaired) electrons. The Hall–Kier alpha value is -5.31. The number of hydrogen-bond acceptors (Lipinski definition) is 9. The first-order valence-electron chi connectivity index (χ1n) is 10.1. The molecule has 0 aliphatic carbocycles. The van der Waals surface area contributed by atoms with Crippen LogP contribution < -0.4 is 18.9 Å². The largest absolute Gasteiger partial charge is 0.419 e. The van der Waals surface area contributed by atoms with Crippen LogP contribution in [-0.4, -0.2) is 29.7 Å². The van der Waals surface area contributed by atoms with Crippen molar-refractivity contribution in [3.63, 3.8) is 0 Å². The maximum Gasteiger partial charge on any atom is 0.335 e. The van der Waals surface area contributed by atoms with Gasteiger partial charge in [-0.1, -0.05) is 38.5 Å². The van der Waals surface area contributed by atoms with Crippen LogP contribution in [-0.2, 0) is 19.2 Å². The molecule has 0 aromatic heterocycles. The second-order valence-corrected chi connectivity index (χ2v) is 6.57. The summed E-state index contributed by atoms with van der Waals surface area (Å²) in [5.41, 5.74) is 0.523. The van der Waals surface area contributed by atoms with E-state index in [9.17, 15) is 24.0 Å². The molecule has 0 amide bonds. The van der Waals surface area contributed by atoms with Crippen molar-refractivity contribution < 1.29 is 42.9 Å².